The van der Waals surface area contributed by atoms with E-state index in [0.29, 0.717) is 27.3 Å². The predicted molar refractivity (Wildman–Crippen MR) is 79.8 cm³/mol. The van der Waals surface area contributed by atoms with Crippen molar-refractivity contribution in [2.75, 3.05) is 0 Å². The first-order valence-electron chi connectivity index (χ1n) is 6.22. The van der Waals surface area contributed by atoms with Crippen molar-refractivity contribution >= 4 is 23.4 Å². The van der Waals surface area contributed by atoms with Gasteiger partial charge in [-0.25, -0.2) is 4.79 Å². The summed E-state index contributed by atoms with van der Waals surface area (Å²) in [5, 5.41) is 18.9. The van der Waals surface area contributed by atoms with Gasteiger partial charge in [0.15, 0.2) is 5.78 Å². The van der Waals surface area contributed by atoms with E-state index >= 15 is 0 Å². The maximum atomic E-state index is 11.7. The van der Waals surface area contributed by atoms with E-state index in [-0.39, 0.29) is 18.0 Å². The second-order valence-electron chi connectivity index (χ2n) is 4.59. The van der Waals surface area contributed by atoms with Crippen LogP contribution in [0.15, 0.2) is 36.4 Å². The summed E-state index contributed by atoms with van der Waals surface area (Å²) in [6.07, 6.45) is 0. The molecule has 0 radical (unpaired) electrons. The number of Topliss-reactive ketones (excluding diaryl/α,β-unsaturated/α-hetero) is 1. The maximum Gasteiger partial charge on any atom is 0.336 e. The number of carboxylic acids is 1. The highest BCUT2D eigenvalue weighted by Gasteiger charge is 2.17. The van der Waals surface area contributed by atoms with Crippen molar-refractivity contribution in [2.24, 2.45) is 0 Å². The molecule has 0 aromatic heterocycles. The zero-order valence-electron chi connectivity index (χ0n) is 11.3. The average Bonchev–Trinajstić information content (AvgIpc) is 2.46. The SMILES string of the molecule is CC(=O)c1ccc(Cl)cc1-c1cc(CO)ccc1C(=O)O. The van der Waals surface area contributed by atoms with Gasteiger partial charge < -0.3 is 10.2 Å². The summed E-state index contributed by atoms with van der Waals surface area (Å²) in [7, 11) is 0. The van der Waals surface area contributed by atoms with Crippen LogP contribution >= 0.6 is 11.6 Å². The molecule has 2 rings (SSSR count). The van der Waals surface area contributed by atoms with Crippen LogP contribution in [-0.2, 0) is 6.61 Å². The van der Waals surface area contributed by atoms with Crippen molar-refractivity contribution in [3.63, 3.8) is 0 Å². The molecule has 0 atom stereocenters. The minimum Gasteiger partial charge on any atom is -0.478 e. The second kappa shape index (κ2) is 6.08. The van der Waals surface area contributed by atoms with Gasteiger partial charge in [0.25, 0.3) is 0 Å². The van der Waals surface area contributed by atoms with Crippen LogP contribution in [0.25, 0.3) is 11.1 Å². The molecule has 21 heavy (non-hydrogen) atoms. The summed E-state index contributed by atoms with van der Waals surface area (Å²) >= 11 is 5.97. The van der Waals surface area contributed by atoms with Gasteiger partial charge in [-0.1, -0.05) is 17.7 Å². The van der Waals surface area contributed by atoms with E-state index in [4.69, 9.17) is 11.6 Å². The standard InChI is InChI=1S/C16H13ClO4/c1-9(19)12-5-3-11(17)7-15(12)14-6-10(8-18)2-4-13(14)16(20)21/h2-7,18H,8H2,1H3,(H,20,21). The molecule has 0 aliphatic heterocycles. The lowest BCUT2D eigenvalue weighted by molar-refractivity contribution is 0.0697. The molecule has 0 bridgehead atoms. The number of hydrogen-bond donors (Lipinski definition) is 2. The molecule has 0 saturated heterocycles. The van der Waals surface area contributed by atoms with Gasteiger partial charge in [0, 0.05) is 10.6 Å². The van der Waals surface area contributed by atoms with E-state index in [9.17, 15) is 19.8 Å². The van der Waals surface area contributed by atoms with Crippen LogP contribution in [0, 0.1) is 0 Å². The molecule has 0 fully saturated rings. The predicted octanol–water partition coefficient (Wildman–Crippen LogP) is 3.40. The fourth-order valence-electron chi connectivity index (χ4n) is 2.15. The molecular weight excluding hydrogens is 292 g/mol. The monoisotopic (exact) mass is 304 g/mol. The molecule has 2 aromatic rings. The van der Waals surface area contributed by atoms with Crippen molar-refractivity contribution in [2.45, 2.75) is 13.5 Å². The minimum absolute atomic E-state index is 0.0527. The van der Waals surface area contributed by atoms with Crippen LogP contribution < -0.4 is 0 Å². The third-order valence-electron chi connectivity index (χ3n) is 3.15. The van der Waals surface area contributed by atoms with Gasteiger partial charge >= 0.3 is 5.97 Å². The van der Waals surface area contributed by atoms with Crippen molar-refractivity contribution in [1.29, 1.82) is 0 Å². The number of carbonyl (C=O) groups excluding carboxylic acids is 1. The lowest BCUT2D eigenvalue weighted by Gasteiger charge is -2.12. The summed E-state index contributed by atoms with van der Waals surface area (Å²) in [5.74, 6) is -1.30. The largest absolute Gasteiger partial charge is 0.478 e. The van der Waals surface area contributed by atoms with Gasteiger partial charge in [-0.2, -0.15) is 0 Å². The highest BCUT2D eigenvalue weighted by molar-refractivity contribution is 6.31. The second-order valence-corrected chi connectivity index (χ2v) is 5.03. The topological polar surface area (TPSA) is 74.6 Å². The van der Waals surface area contributed by atoms with Crippen molar-refractivity contribution < 1.29 is 19.8 Å². The van der Waals surface area contributed by atoms with Crippen molar-refractivity contribution in [1.82, 2.24) is 0 Å². The Morgan fingerprint density at radius 3 is 2.24 bits per heavy atom. The van der Waals surface area contributed by atoms with Gasteiger partial charge in [-0.05, 0) is 53.9 Å². The fraction of sp³-hybridized carbons (Fsp3) is 0.125. The summed E-state index contributed by atoms with van der Waals surface area (Å²) < 4.78 is 0. The van der Waals surface area contributed by atoms with E-state index < -0.39 is 5.97 Å². The zero-order valence-corrected chi connectivity index (χ0v) is 12.0. The number of halogens is 1. The number of carboxylic acid groups (broad SMARTS) is 1. The first-order valence-corrected chi connectivity index (χ1v) is 6.59. The molecule has 4 nitrogen and oxygen atoms in total. The summed E-state index contributed by atoms with van der Waals surface area (Å²) in [4.78, 5) is 23.1. The Bertz CT molecular complexity index is 722. The first-order chi connectivity index (χ1) is 9.93. The normalized spacial score (nSPS) is 10.4. The molecule has 108 valence electrons. The molecule has 2 aromatic carbocycles. The molecule has 0 spiro atoms. The lowest BCUT2D eigenvalue weighted by Crippen LogP contribution is -2.04. The van der Waals surface area contributed by atoms with Gasteiger partial charge in [0.05, 0.1) is 12.2 Å². The van der Waals surface area contributed by atoms with Gasteiger partial charge in [0.1, 0.15) is 0 Å². The molecule has 0 aliphatic carbocycles. The molecule has 0 aliphatic rings. The van der Waals surface area contributed by atoms with Gasteiger partial charge in [-0.3, -0.25) is 4.79 Å². The summed E-state index contributed by atoms with van der Waals surface area (Å²) in [5.41, 5.74) is 1.81. The Labute approximate surface area is 126 Å². The fourth-order valence-corrected chi connectivity index (χ4v) is 2.32. The van der Waals surface area contributed by atoms with E-state index in [2.05, 4.69) is 0 Å². The minimum atomic E-state index is -1.11. The molecule has 0 saturated carbocycles. The van der Waals surface area contributed by atoms with Crippen LogP contribution in [0.4, 0.5) is 0 Å². The molecule has 0 heterocycles. The van der Waals surface area contributed by atoms with Crippen molar-refractivity contribution in [3.8, 4) is 11.1 Å². The Hall–Kier alpha value is -2.17. The Morgan fingerprint density at radius 2 is 1.67 bits per heavy atom. The van der Waals surface area contributed by atoms with Crippen LogP contribution in [0.5, 0.6) is 0 Å². The number of rotatable bonds is 4. The zero-order chi connectivity index (χ0) is 15.6. The number of ketones is 1. The molecule has 5 heteroatoms. The lowest BCUT2D eigenvalue weighted by atomic mass is 9.92. The van der Waals surface area contributed by atoms with Crippen molar-refractivity contribution in [3.05, 3.63) is 58.1 Å². The summed E-state index contributed by atoms with van der Waals surface area (Å²) in [6.45, 7) is 1.19. The third kappa shape index (κ3) is 3.12. The summed E-state index contributed by atoms with van der Waals surface area (Å²) in [6, 6.07) is 9.21. The number of aliphatic hydroxyl groups excluding tert-OH is 1. The van der Waals surface area contributed by atoms with Gasteiger partial charge in [0.2, 0.25) is 0 Å². The average molecular weight is 305 g/mol. The van der Waals surface area contributed by atoms with Crippen LogP contribution in [0.2, 0.25) is 5.02 Å². The molecule has 0 amide bonds. The first kappa shape index (κ1) is 15.2. The highest BCUT2D eigenvalue weighted by Crippen LogP contribution is 2.31. The number of hydrogen-bond acceptors (Lipinski definition) is 3. The smallest absolute Gasteiger partial charge is 0.336 e. The third-order valence-corrected chi connectivity index (χ3v) is 3.38. The van der Waals surface area contributed by atoms with E-state index in [1.54, 1.807) is 24.3 Å². The number of aliphatic hydroxyl groups is 1. The number of aromatic carboxylic acids is 1. The van der Waals surface area contributed by atoms with Crippen LogP contribution in [0.3, 0.4) is 0 Å². The number of benzene rings is 2. The van der Waals surface area contributed by atoms with Crippen LogP contribution in [0.1, 0.15) is 33.2 Å². The van der Waals surface area contributed by atoms with E-state index in [1.807, 2.05) is 0 Å². The quantitative estimate of drug-likeness (QED) is 0.849. The molecule has 2 N–H and O–H groups in total. The Kier molecular flexibility index (Phi) is 4.40. The Balaban J connectivity index is 2.78. The van der Waals surface area contributed by atoms with Crippen LogP contribution in [-0.4, -0.2) is 22.0 Å². The van der Waals surface area contributed by atoms with Gasteiger partial charge in [-0.15, -0.1) is 0 Å². The van der Waals surface area contributed by atoms with E-state index in [0.717, 1.165) is 0 Å². The highest BCUT2D eigenvalue weighted by atomic mass is 35.5. The Morgan fingerprint density at radius 1 is 1.05 bits per heavy atom. The molecular formula is C16H13ClO4. The van der Waals surface area contributed by atoms with E-state index in [1.165, 1.54) is 19.1 Å². The maximum absolute atomic E-state index is 11.7. The number of carbonyl (C=O) groups is 2. The molecule has 0 unspecified atom stereocenters.